The first-order valence-electron chi connectivity index (χ1n) is 12.3. The first-order chi connectivity index (χ1) is 18.1. The Morgan fingerprint density at radius 3 is 2.34 bits per heavy atom. The van der Waals surface area contributed by atoms with E-state index >= 15 is 0 Å². The van der Waals surface area contributed by atoms with E-state index in [1.165, 1.54) is 18.7 Å². The van der Waals surface area contributed by atoms with Crippen LogP contribution >= 0.6 is 12.0 Å². The molecule has 200 valence electrons. The second-order valence-corrected chi connectivity index (χ2v) is 10.4. The number of methoxy groups -OCH3 is 1. The number of benzene rings is 3. The van der Waals surface area contributed by atoms with Crippen LogP contribution in [-0.4, -0.2) is 24.6 Å². The Balaban J connectivity index is 1.74. The largest absolute Gasteiger partial charge is 0.479 e. The predicted molar refractivity (Wildman–Crippen MR) is 146 cm³/mol. The third-order valence-electron chi connectivity index (χ3n) is 6.63. The van der Waals surface area contributed by atoms with Crippen molar-refractivity contribution in [2.75, 3.05) is 12.0 Å². The van der Waals surface area contributed by atoms with Gasteiger partial charge in [0, 0.05) is 17.8 Å². The molecule has 8 heteroatoms. The minimum Gasteiger partial charge on any atom is -0.466 e. The molecule has 2 unspecified atom stereocenters. The summed E-state index contributed by atoms with van der Waals surface area (Å²) in [5.41, 5.74) is 1.68. The van der Waals surface area contributed by atoms with Crippen LogP contribution in [0.15, 0.2) is 72.8 Å². The highest BCUT2D eigenvalue weighted by Gasteiger charge is 2.35. The van der Waals surface area contributed by atoms with Crippen LogP contribution in [-0.2, 0) is 16.0 Å². The van der Waals surface area contributed by atoms with Gasteiger partial charge in [0.15, 0.2) is 12.0 Å². The number of rotatable bonds is 7. The number of esters is 1. The molecule has 38 heavy (non-hydrogen) atoms. The number of ether oxygens (including phenoxy) is 1. The molecule has 0 saturated carbocycles. The highest BCUT2D eigenvalue weighted by molar-refractivity contribution is 7.95. The molecule has 0 spiro atoms. The van der Waals surface area contributed by atoms with Crippen molar-refractivity contribution in [1.82, 2.24) is 0 Å². The van der Waals surface area contributed by atoms with Crippen molar-refractivity contribution in [3.8, 4) is 5.75 Å². The van der Waals surface area contributed by atoms with Crippen molar-refractivity contribution in [3.63, 3.8) is 0 Å². The summed E-state index contributed by atoms with van der Waals surface area (Å²) in [6.07, 6.45) is 3.72. The second kappa shape index (κ2) is 11.6. The van der Waals surface area contributed by atoms with Gasteiger partial charge in [-0.3, -0.25) is 0 Å². The van der Waals surface area contributed by atoms with Crippen LogP contribution in [0.5, 0.6) is 5.75 Å². The van der Waals surface area contributed by atoms with Crippen molar-refractivity contribution in [2.24, 2.45) is 0 Å². The highest BCUT2D eigenvalue weighted by Crippen LogP contribution is 2.43. The van der Waals surface area contributed by atoms with Crippen molar-refractivity contribution in [1.29, 1.82) is 0 Å². The first kappa shape index (κ1) is 27.6. The predicted octanol–water partition coefficient (Wildman–Crippen LogP) is 8.08. The molecule has 1 heterocycles. The van der Waals surface area contributed by atoms with Gasteiger partial charge in [-0.15, -0.1) is 0 Å². The molecular weight excluding hydrogens is 511 g/mol. The lowest BCUT2D eigenvalue weighted by Gasteiger charge is -2.44. The van der Waals surface area contributed by atoms with Crippen molar-refractivity contribution < 1.29 is 26.9 Å². The summed E-state index contributed by atoms with van der Waals surface area (Å²) in [4.78, 5) is 13.8. The van der Waals surface area contributed by atoms with Gasteiger partial charge in [-0.25, -0.2) is 4.79 Å². The third-order valence-corrected chi connectivity index (χ3v) is 7.10. The molecule has 0 radical (unpaired) electrons. The van der Waals surface area contributed by atoms with E-state index in [4.69, 9.17) is 4.18 Å². The standard InChI is InChI=1S/C30H30F3NO3S/c1-19(2)22-10-12-25(13-11-22)34-20(3)17-24-18-26(37-38-30(31,32)33)14-15-27(24)29(34)23-8-5-21(6-9-23)7-16-28(35)36-4/h5-16,18-20,29H,17H2,1-4H3/b16-7+. The van der Waals surface area contributed by atoms with E-state index in [0.717, 1.165) is 27.9 Å². The van der Waals surface area contributed by atoms with Crippen molar-refractivity contribution >= 4 is 29.8 Å². The number of carbonyl (C=O) groups excluding carboxylic acids is 1. The molecule has 0 bridgehead atoms. The summed E-state index contributed by atoms with van der Waals surface area (Å²) in [6, 6.07) is 21.5. The Hall–Kier alpha value is -3.39. The molecule has 4 rings (SSSR count). The van der Waals surface area contributed by atoms with Crippen LogP contribution in [0, 0.1) is 0 Å². The summed E-state index contributed by atoms with van der Waals surface area (Å²) in [6.45, 7) is 6.44. The fourth-order valence-electron chi connectivity index (χ4n) is 4.79. The highest BCUT2D eigenvalue weighted by atomic mass is 32.2. The fraction of sp³-hybridized carbons (Fsp3) is 0.300. The van der Waals surface area contributed by atoms with E-state index in [2.05, 4.69) is 54.7 Å². The van der Waals surface area contributed by atoms with E-state index in [9.17, 15) is 18.0 Å². The minimum atomic E-state index is -4.48. The van der Waals surface area contributed by atoms with Gasteiger partial charge in [-0.1, -0.05) is 56.3 Å². The van der Waals surface area contributed by atoms with Crippen LogP contribution in [0.2, 0.25) is 0 Å². The second-order valence-electron chi connectivity index (χ2n) is 9.61. The zero-order chi connectivity index (χ0) is 27.4. The number of nitrogens with zero attached hydrogens (tertiary/aromatic N) is 1. The number of hydrogen-bond donors (Lipinski definition) is 0. The van der Waals surface area contributed by atoms with Gasteiger partial charge >= 0.3 is 11.5 Å². The number of fused-ring (bicyclic) bond motifs is 1. The maximum Gasteiger partial charge on any atom is 0.479 e. The summed E-state index contributed by atoms with van der Waals surface area (Å²) >= 11 is -0.504. The average Bonchev–Trinajstić information content (AvgIpc) is 2.89. The Kier molecular flexibility index (Phi) is 8.41. The molecular formula is C30H30F3NO3S. The average molecular weight is 542 g/mol. The lowest BCUT2D eigenvalue weighted by Crippen LogP contribution is -2.42. The topological polar surface area (TPSA) is 38.8 Å². The molecule has 3 aromatic carbocycles. The Morgan fingerprint density at radius 1 is 1.05 bits per heavy atom. The number of hydrogen-bond acceptors (Lipinski definition) is 5. The maximum atomic E-state index is 12.7. The number of carbonyl (C=O) groups is 1. The summed E-state index contributed by atoms with van der Waals surface area (Å²) in [7, 11) is 1.33. The van der Waals surface area contributed by atoms with Gasteiger partial charge in [0.1, 0.15) is 5.75 Å². The number of halogens is 3. The minimum absolute atomic E-state index is 0.0711. The van der Waals surface area contributed by atoms with E-state index in [1.807, 2.05) is 30.3 Å². The van der Waals surface area contributed by atoms with Crippen molar-refractivity contribution in [2.45, 2.75) is 50.7 Å². The molecule has 0 N–H and O–H groups in total. The van der Waals surface area contributed by atoms with Gasteiger partial charge in [-0.2, -0.15) is 13.2 Å². The fourth-order valence-corrected chi connectivity index (χ4v) is 5.08. The number of alkyl halides is 3. The Morgan fingerprint density at radius 2 is 1.74 bits per heavy atom. The number of anilines is 1. The zero-order valence-electron chi connectivity index (χ0n) is 21.7. The van der Waals surface area contributed by atoms with Crippen molar-refractivity contribution in [3.05, 3.63) is 101 Å². The third kappa shape index (κ3) is 6.54. The van der Waals surface area contributed by atoms with E-state index < -0.39 is 23.5 Å². The molecule has 3 aromatic rings. The lowest BCUT2D eigenvalue weighted by molar-refractivity contribution is -0.134. The monoisotopic (exact) mass is 541 g/mol. The van der Waals surface area contributed by atoms with Gasteiger partial charge in [-0.05, 0) is 77.4 Å². The van der Waals surface area contributed by atoms with E-state index in [1.54, 1.807) is 18.2 Å². The normalized spacial score (nSPS) is 17.5. The molecule has 0 aromatic heterocycles. The van der Waals surface area contributed by atoms with E-state index in [-0.39, 0.29) is 17.8 Å². The smallest absolute Gasteiger partial charge is 0.466 e. The summed E-state index contributed by atoms with van der Waals surface area (Å²) in [5.74, 6) is 0.162. The lowest BCUT2D eigenvalue weighted by atomic mass is 9.84. The Labute approximate surface area is 225 Å². The first-order valence-corrected chi connectivity index (χ1v) is 13.1. The summed E-state index contributed by atoms with van der Waals surface area (Å²) < 4.78 is 47.7. The molecule has 1 aliphatic rings. The summed E-state index contributed by atoms with van der Waals surface area (Å²) in [5, 5.41) is 0. The SMILES string of the molecule is COC(=O)/C=C/c1ccc(C2c3ccc(OSC(F)(F)F)cc3CC(C)N2c2ccc(C(C)C)cc2)cc1. The molecule has 0 saturated heterocycles. The molecule has 0 fully saturated rings. The molecule has 0 aliphatic carbocycles. The van der Waals surface area contributed by atoms with Crippen LogP contribution in [0.3, 0.4) is 0 Å². The van der Waals surface area contributed by atoms with Crippen LogP contribution in [0.1, 0.15) is 60.5 Å². The van der Waals surface area contributed by atoms with Crippen LogP contribution in [0.4, 0.5) is 18.9 Å². The quantitative estimate of drug-likeness (QED) is 0.172. The van der Waals surface area contributed by atoms with Gasteiger partial charge in [0.2, 0.25) is 0 Å². The van der Waals surface area contributed by atoms with Crippen LogP contribution in [0.25, 0.3) is 6.08 Å². The molecule has 4 nitrogen and oxygen atoms in total. The molecule has 0 amide bonds. The molecule has 1 aliphatic heterocycles. The van der Waals surface area contributed by atoms with Crippen LogP contribution < -0.4 is 9.08 Å². The maximum absolute atomic E-state index is 12.7. The van der Waals surface area contributed by atoms with Gasteiger partial charge in [0.05, 0.1) is 13.2 Å². The Bertz CT molecular complexity index is 1290. The van der Waals surface area contributed by atoms with Gasteiger partial charge < -0.3 is 13.8 Å². The zero-order valence-corrected chi connectivity index (χ0v) is 22.5. The molecule has 2 atom stereocenters. The van der Waals surface area contributed by atoms with Gasteiger partial charge in [0.25, 0.3) is 0 Å². The van der Waals surface area contributed by atoms with E-state index in [0.29, 0.717) is 12.3 Å².